The van der Waals surface area contributed by atoms with Crippen LogP contribution in [0.15, 0.2) is 36.5 Å². The van der Waals surface area contributed by atoms with Gasteiger partial charge >= 0.3 is 0 Å². The van der Waals surface area contributed by atoms with E-state index in [1.165, 1.54) is 218 Å². The Labute approximate surface area is 467 Å². The average Bonchev–Trinajstić information content (AvgIpc) is 3.42. The van der Waals surface area contributed by atoms with Gasteiger partial charge in [0.1, 0.15) is 36.6 Å². The molecule has 1 heterocycles. The number of carbonyl (C=O) groups is 1. The summed E-state index contributed by atoms with van der Waals surface area (Å²) < 4.78 is 11.2. The SMILES string of the molecule is CCCCC/C=C\C=C/CCCCCCCCCCCC(O)C(=O)NC(COC1OC(CO)C(O)C(O)C1O)C(O)C(O)CCC/C=C/CCCCCCCCCCCCCCCCCCCCCCCCCCCC. The first kappa shape index (κ1) is 72.3. The molecule has 0 bridgehead atoms. The second-order valence-electron chi connectivity index (χ2n) is 22.9. The van der Waals surface area contributed by atoms with Crippen molar-refractivity contribution in [3.05, 3.63) is 36.5 Å². The van der Waals surface area contributed by atoms with Crippen LogP contribution in [0, 0.1) is 0 Å². The zero-order chi connectivity index (χ0) is 55.4. The van der Waals surface area contributed by atoms with Gasteiger partial charge in [-0.1, -0.05) is 275 Å². The molecule has 8 N–H and O–H groups in total. The van der Waals surface area contributed by atoms with Crippen molar-refractivity contribution in [1.29, 1.82) is 0 Å². The van der Waals surface area contributed by atoms with Crippen molar-refractivity contribution in [3.8, 4) is 0 Å². The van der Waals surface area contributed by atoms with Crippen molar-refractivity contribution in [1.82, 2.24) is 5.32 Å². The summed E-state index contributed by atoms with van der Waals surface area (Å²) in [5.41, 5.74) is 0. The molecule has 1 saturated heterocycles. The van der Waals surface area contributed by atoms with E-state index in [1.807, 2.05) is 0 Å². The Kier molecular flexibility index (Phi) is 51.3. The molecule has 0 aromatic heterocycles. The first-order valence-electron chi connectivity index (χ1n) is 32.4. The molecule has 1 aliphatic rings. The van der Waals surface area contributed by atoms with Gasteiger partial charge in [0.25, 0.3) is 0 Å². The van der Waals surface area contributed by atoms with Gasteiger partial charge in [0.05, 0.1) is 25.4 Å². The lowest BCUT2D eigenvalue weighted by molar-refractivity contribution is -0.303. The van der Waals surface area contributed by atoms with Crippen molar-refractivity contribution in [2.75, 3.05) is 13.2 Å². The van der Waals surface area contributed by atoms with Crippen molar-refractivity contribution < 1.29 is 50.0 Å². The van der Waals surface area contributed by atoms with Crippen LogP contribution in [0.3, 0.4) is 0 Å². The van der Waals surface area contributed by atoms with Gasteiger partial charge in [-0.3, -0.25) is 4.79 Å². The van der Waals surface area contributed by atoms with Gasteiger partial charge in [0, 0.05) is 0 Å². The van der Waals surface area contributed by atoms with E-state index >= 15 is 0 Å². The fourth-order valence-corrected chi connectivity index (χ4v) is 10.4. The second kappa shape index (κ2) is 53.9. The number of allylic oxidation sites excluding steroid dienone is 6. The smallest absolute Gasteiger partial charge is 0.249 e. The van der Waals surface area contributed by atoms with Gasteiger partial charge in [-0.2, -0.15) is 0 Å². The minimum Gasteiger partial charge on any atom is -0.394 e. The van der Waals surface area contributed by atoms with Crippen molar-refractivity contribution >= 4 is 5.91 Å². The minimum atomic E-state index is -1.67. The van der Waals surface area contributed by atoms with E-state index in [4.69, 9.17) is 9.47 Å². The Bertz CT molecular complexity index is 1330. The lowest BCUT2D eigenvalue weighted by Gasteiger charge is -2.40. The van der Waals surface area contributed by atoms with Crippen LogP contribution >= 0.6 is 0 Å². The summed E-state index contributed by atoms with van der Waals surface area (Å²) in [5, 5.41) is 76.3. The Morgan fingerprint density at radius 2 is 0.816 bits per heavy atom. The molecule has 448 valence electrons. The van der Waals surface area contributed by atoms with E-state index in [2.05, 4.69) is 55.6 Å². The maximum Gasteiger partial charge on any atom is 0.249 e. The predicted octanol–water partition coefficient (Wildman–Crippen LogP) is 14.6. The largest absolute Gasteiger partial charge is 0.394 e. The second-order valence-corrected chi connectivity index (χ2v) is 22.9. The molecule has 1 fully saturated rings. The third-order valence-corrected chi connectivity index (χ3v) is 15.7. The molecule has 0 spiro atoms. The summed E-state index contributed by atoms with van der Waals surface area (Å²) in [4.78, 5) is 13.2. The summed E-state index contributed by atoms with van der Waals surface area (Å²) >= 11 is 0. The number of hydrogen-bond donors (Lipinski definition) is 8. The third-order valence-electron chi connectivity index (χ3n) is 15.7. The van der Waals surface area contributed by atoms with E-state index in [0.717, 1.165) is 44.9 Å². The van der Waals surface area contributed by atoms with E-state index in [9.17, 15) is 40.5 Å². The third kappa shape index (κ3) is 41.4. The molecular formula is C65H123NO10. The van der Waals surface area contributed by atoms with Crippen LogP contribution in [-0.2, 0) is 14.3 Å². The summed E-state index contributed by atoms with van der Waals surface area (Å²) in [6.07, 6.45) is 56.5. The highest BCUT2D eigenvalue weighted by atomic mass is 16.7. The molecule has 11 heteroatoms. The Morgan fingerprint density at radius 1 is 0.461 bits per heavy atom. The average molecular weight is 1080 g/mol. The fraction of sp³-hybridized carbons (Fsp3) is 0.892. The highest BCUT2D eigenvalue weighted by molar-refractivity contribution is 5.80. The van der Waals surface area contributed by atoms with Crippen LogP contribution in [-0.4, -0.2) is 110 Å². The monoisotopic (exact) mass is 1080 g/mol. The number of nitrogens with one attached hydrogen (secondary N) is 1. The lowest BCUT2D eigenvalue weighted by atomic mass is 9.98. The molecule has 0 radical (unpaired) electrons. The van der Waals surface area contributed by atoms with Gasteiger partial charge < -0.3 is 50.5 Å². The summed E-state index contributed by atoms with van der Waals surface area (Å²) in [6.45, 7) is 3.44. The minimum absolute atomic E-state index is 0.248. The van der Waals surface area contributed by atoms with Crippen LogP contribution in [0.25, 0.3) is 0 Å². The number of aliphatic hydroxyl groups excluding tert-OH is 7. The van der Waals surface area contributed by atoms with Crippen LogP contribution in [0.5, 0.6) is 0 Å². The molecule has 11 nitrogen and oxygen atoms in total. The topological polar surface area (TPSA) is 189 Å². The number of ether oxygens (including phenoxy) is 2. The quantitative estimate of drug-likeness (QED) is 0.0165. The standard InChI is InChI=1S/C65H123NO10/c1-3-5-7-9-11-13-15-17-19-21-23-24-25-26-27-28-29-30-31-32-33-34-35-37-38-40-42-44-46-48-50-52-57(68)60(70)56(55-75-65-63(73)62(72)61(71)59(54-67)76-65)66-64(74)58(69)53-51-49-47-45-43-41-39-36-22-20-18-16-14-12-10-8-6-4-2/h12,14,16,18,44,46,56-63,65,67-73H,3-11,13,15,17,19-43,45,47-55H2,1-2H3,(H,66,74)/b14-12-,18-16-,46-44+. The first-order valence-corrected chi connectivity index (χ1v) is 32.4. The van der Waals surface area contributed by atoms with Crippen molar-refractivity contribution in [2.45, 2.75) is 358 Å². The molecule has 1 rings (SSSR count). The number of hydrogen-bond acceptors (Lipinski definition) is 10. The van der Waals surface area contributed by atoms with Crippen LogP contribution in [0.1, 0.15) is 303 Å². The molecule has 1 aliphatic heterocycles. The molecule has 9 unspecified atom stereocenters. The maximum atomic E-state index is 13.2. The summed E-state index contributed by atoms with van der Waals surface area (Å²) in [7, 11) is 0. The van der Waals surface area contributed by atoms with Gasteiger partial charge in [0.15, 0.2) is 6.29 Å². The molecule has 0 saturated carbocycles. The predicted molar refractivity (Wildman–Crippen MR) is 316 cm³/mol. The zero-order valence-corrected chi connectivity index (χ0v) is 49.2. The molecule has 9 atom stereocenters. The molecule has 0 aromatic carbocycles. The summed E-state index contributed by atoms with van der Waals surface area (Å²) in [6, 6.07) is -1.19. The lowest BCUT2D eigenvalue weighted by Crippen LogP contribution is -2.60. The van der Waals surface area contributed by atoms with E-state index in [0.29, 0.717) is 12.8 Å². The number of unbranched alkanes of at least 4 members (excludes halogenated alkanes) is 39. The molecule has 1 amide bonds. The Hall–Kier alpha value is -1.67. The molecule has 76 heavy (non-hydrogen) atoms. The van der Waals surface area contributed by atoms with E-state index < -0.39 is 74.2 Å². The zero-order valence-electron chi connectivity index (χ0n) is 49.2. The number of carbonyl (C=O) groups excluding carboxylic acids is 1. The van der Waals surface area contributed by atoms with E-state index in [-0.39, 0.29) is 12.8 Å². The molecule has 0 aliphatic carbocycles. The van der Waals surface area contributed by atoms with Gasteiger partial charge in [0.2, 0.25) is 5.91 Å². The molecular weight excluding hydrogens is 955 g/mol. The highest BCUT2D eigenvalue weighted by Crippen LogP contribution is 2.24. The van der Waals surface area contributed by atoms with Crippen LogP contribution < -0.4 is 5.32 Å². The summed E-state index contributed by atoms with van der Waals surface area (Å²) in [5.74, 6) is -0.708. The van der Waals surface area contributed by atoms with Crippen LogP contribution in [0.4, 0.5) is 0 Å². The highest BCUT2D eigenvalue weighted by Gasteiger charge is 2.44. The van der Waals surface area contributed by atoms with E-state index in [1.54, 1.807) is 0 Å². The van der Waals surface area contributed by atoms with Crippen molar-refractivity contribution in [3.63, 3.8) is 0 Å². The Morgan fingerprint density at radius 3 is 1.24 bits per heavy atom. The number of amides is 1. The first-order chi connectivity index (χ1) is 37.2. The number of aliphatic hydroxyl groups is 7. The van der Waals surface area contributed by atoms with Gasteiger partial charge in [-0.25, -0.2) is 0 Å². The van der Waals surface area contributed by atoms with Crippen LogP contribution in [0.2, 0.25) is 0 Å². The molecule has 0 aromatic rings. The fourth-order valence-electron chi connectivity index (χ4n) is 10.4. The van der Waals surface area contributed by atoms with Gasteiger partial charge in [-0.05, 0) is 64.2 Å². The van der Waals surface area contributed by atoms with Gasteiger partial charge in [-0.15, -0.1) is 0 Å². The number of rotatable bonds is 56. The Balaban J connectivity index is 2.23. The normalized spacial score (nSPS) is 19.8. The maximum absolute atomic E-state index is 13.2. The van der Waals surface area contributed by atoms with Crippen molar-refractivity contribution in [2.24, 2.45) is 0 Å².